The molecule has 0 spiro atoms. The molecule has 0 amide bonds. The van der Waals surface area contributed by atoms with Crippen LogP contribution in [0, 0.1) is 13.8 Å². The summed E-state index contributed by atoms with van der Waals surface area (Å²) in [6, 6.07) is 25.2. The average Bonchev–Trinajstić information content (AvgIpc) is 3.33. The van der Waals surface area contributed by atoms with Crippen molar-refractivity contribution in [2.75, 3.05) is 16.5 Å². The molecule has 0 bridgehead atoms. The lowest BCUT2D eigenvalue weighted by atomic mass is 10.1. The highest BCUT2D eigenvalue weighted by Gasteiger charge is 2.32. The molecule has 0 fully saturated rings. The Labute approximate surface area is 175 Å². The summed E-state index contributed by atoms with van der Waals surface area (Å²) >= 11 is 0. The van der Waals surface area contributed by atoms with E-state index in [9.17, 15) is 0 Å². The van der Waals surface area contributed by atoms with Gasteiger partial charge in [0.1, 0.15) is 12.3 Å². The molecule has 0 aliphatic carbocycles. The summed E-state index contributed by atoms with van der Waals surface area (Å²) in [6.07, 6.45) is 1.86. The number of rotatable bonds is 2. The van der Waals surface area contributed by atoms with Crippen LogP contribution in [0.4, 0.5) is 22.9 Å². The summed E-state index contributed by atoms with van der Waals surface area (Å²) in [5, 5.41) is 2.27. The number of nitrogens with zero attached hydrogens (tertiary/aromatic N) is 3. The molecule has 0 N–H and O–H groups in total. The van der Waals surface area contributed by atoms with Gasteiger partial charge < -0.3 is 14.2 Å². The Balaban J connectivity index is 1.57. The first kappa shape index (κ1) is 17.1. The zero-order valence-electron chi connectivity index (χ0n) is 17.0. The SMILES string of the molecule is Cc1cccc(C)c1N1CN(c2cccc3c2oc2ccccc23)c2ncccc21. The number of hydrogen-bond acceptors (Lipinski definition) is 4. The highest BCUT2D eigenvalue weighted by atomic mass is 16.3. The zero-order valence-corrected chi connectivity index (χ0v) is 17.0. The van der Waals surface area contributed by atoms with Crippen molar-refractivity contribution in [3.8, 4) is 0 Å². The quantitative estimate of drug-likeness (QED) is 0.330. The minimum atomic E-state index is 0.689. The van der Waals surface area contributed by atoms with Crippen LogP contribution in [-0.4, -0.2) is 11.7 Å². The summed E-state index contributed by atoms with van der Waals surface area (Å²) in [4.78, 5) is 9.37. The summed E-state index contributed by atoms with van der Waals surface area (Å²) in [6.45, 7) is 5.02. The molecular formula is C26H21N3O. The second kappa shape index (κ2) is 6.36. The fourth-order valence-corrected chi connectivity index (χ4v) is 4.65. The number of hydrogen-bond donors (Lipinski definition) is 0. The first-order chi connectivity index (χ1) is 14.7. The van der Waals surface area contributed by atoms with E-state index in [0.717, 1.165) is 39.1 Å². The minimum absolute atomic E-state index is 0.689. The van der Waals surface area contributed by atoms with Gasteiger partial charge in [-0.25, -0.2) is 4.98 Å². The van der Waals surface area contributed by atoms with Crippen molar-refractivity contribution in [2.45, 2.75) is 13.8 Å². The maximum absolute atomic E-state index is 6.31. The largest absolute Gasteiger partial charge is 0.454 e. The Morgan fingerprint density at radius 3 is 2.33 bits per heavy atom. The second-order valence-corrected chi connectivity index (χ2v) is 7.84. The lowest BCUT2D eigenvalue weighted by Crippen LogP contribution is -2.25. The number of anilines is 4. The van der Waals surface area contributed by atoms with Gasteiger partial charge in [-0.2, -0.15) is 0 Å². The molecule has 3 aromatic carbocycles. The molecule has 30 heavy (non-hydrogen) atoms. The lowest BCUT2D eigenvalue weighted by molar-refractivity contribution is 0.668. The van der Waals surface area contributed by atoms with Gasteiger partial charge in [-0.15, -0.1) is 0 Å². The van der Waals surface area contributed by atoms with E-state index in [4.69, 9.17) is 9.40 Å². The summed E-state index contributed by atoms with van der Waals surface area (Å²) < 4.78 is 6.31. The Hall–Kier alpha value is -3.79. The number of para-hydroxylation sites is 3. The van der Waals surface area contributed by atoms with Crippen LogP contribution in [-0.2, 0) is 0 Å². The molecule has 3 heterocycles. The fourth-order valence-electron chi connectivity index (χ4n) is 4.65. The monoisotopic (exact) mass is 391 g/mol. The van der Waals surface area contributed by atoms with E-state index in [0.29, 0.717) is 6.67 Å². The van der Waals surface area contributed by atoms with Crippen molar-refractivity contribution in [1.29, 1.82) is 0 Å². The molecule has 0 unspecified atom stereocenters. The van der Waals surface area contributed by atoms with Crippen molar-refractivity contribution in [1.82, 2.24) is 4.98 Å². The van der Waals surface area contributed by atoms with Gasteiger partial charge in [0.15, 0.2) is 11.4 Å². The van der Waals surface area contributed by atoms with Crippen LogP contribution in [0.2, 0.25) is 0 Å². The Morgan fingerprint density at radius 2 is 1.47 bits per heavy atom. The van der Waals surface area contributed by atoms with Crippen molar-refractivity contribution in [3.63, 3.8) is 0 Å². The molecular weight excluding hydrogens is 370 g/mol. The second-order valence-electron chi connectivity index (χ2n) is 7.84. The number of benzene rings is 3. The number of aryl methyl sites for hydroxylation is 2. The lowest BCUT2D eigenvalue weighted by Gasteiger charge is -2.24. The van der Waals surface area contributed by atoms with Crippen molar-refractivity contribution in [3.05, 3.63) is 90.1 Å². The van der Waals surface area contributed by atoms with Gasteiger partial charge >= 0.3 is 0 Å². The van der Waals surface area contributed by atoms with Crippen LogP contribution in [0.15, 0.2) is 83.4 Å². The predicted molar refractivity (Wildman–Crippen MR) is 123 cm³/mol. The van der Waals surface area contributed by atoms with E-state index in [1.807, 2.05) is 24.4 Å². The number of furan rings is 1. The maximum Gasteiger partial charge on any atom is 0.159 e. The third kappa shape index (κ3) is 2.37. The zero-order chi connectivity index (χ0) is 20.2. The first-order valence-corrected chi connectivity index (χ1v) is 10.2. The summed E-state index contributed by atoms with van der Waals surface area (Å²) in [5.41, 5.74) is 7.72. The van der Waals surface area contributed by atoms with Crippen molar-refractivity contribution < 1.29 is 4.42 Å². The third-order valence-electron chi connectivity index (χ3n) is 5.98. The molecule has 1 aliphatic rings. The molecule has 2 aromatic heterocycles. The van der Waals surface area contributed by atoms with Gasteiger partial charge in [0.2, 0.25) is 0 Å². The number of fused-ring (bicyclic) bond motifs is 4. The topological polar surface area (TPSA) is 32.5 Å². The molecule has 4 nitrogen and oxygen atoms in total. The van der Waals surface area contributed by atoms with Gasteiger partial charge in [-0.1, -0.05) is 48.5 Å². The maximum atomic E-state index is 6.31. The van der Waals surface area contributed by atoms with Crippen LogP contribution in [0.3, 0.4) is 0 Å². The highest BCUT2D eigenvalue weighted by molar-refractivity contribution is 6.10. The van der Waals surface area contributed by atoms with Crippen LogP contribution < -0.4 is 9.80 Å². The molecule has 0 saturated heterocycles. The average molecular weight is 391 g/mol. The first-order valence-electron chi connectivity index (χ1n) is 10.2. The van der Waals surface area contributed by atoms with Crippen molar-refractivity contribution >= 4 is 44.8 Å². The molecule has 0 atom stereocenters. The minimum Gasteiger partial charge on any atom is -0.454 e. The van der Waals surface area contributed by atoms with E-state index in [1.54, 1.807) is 0 Å². The Kier molecular flexibility index (Phi) is 3.62. The molecule has 146 valence electrons. The van der Waals surface area contributed by atoms with E-state index >= 15 is 0 Å². The normalized spacial score (nSPS) is 13.4. The highest BCUT2D eigenvalue weighted by Crippen LogP contribution is 2.46. The summed E-state index contributed by atoms with van der Waals surface area (Å²) in [5.74, 6) is 0.952. The van der Waals surface area contributed by atoms with E-state index < -0.39 is 0 Å². The Bertz CT molecular complexity index is 1400. The van der Waals surface area contributed by atoms with Crippen LogP contribution >= 0.6 is 0 Å². The third-order valence-corrected chi connectivity index (χ3v) is 5.98. The van der Waals surface area contributed by atoms with Gasteiger partial charge in [0, 0.05) is 22.7 Å². The molecule has 1 aliphatic heterocycles. The van der Waals surface area contributed by atoms with Gasteiger partial charge in [-0.05, 0) is 49.2 Å². The number of pyridine rings is 1. The standard InChI is InChI=1S/C26H21N3O/c1-17-8-5-9-18(2)24(17)28-16-29(26-22(28)13-7-15-27-26)21-12-6-11-20-19-10-3-4-14-23(19)30-25(20)21/h3-15H,16H2,1-2H3. The van der Waals surface area contributed by atoms with E-state index in [1.165, 1.54) is 16.8 Å². The van der Waals surface area contributed by atoms with Crippen LogP contribution in [0.1, 0.15) is 11.1 Å². The molecule has 4 heteroatoms. The molecule has 0 saturated carbocycles. The Morgan fingerprint density at radius 1 is 0.733 bits per heavy atom. The molecule has 5 aromatic rings. The van der Waals surface area contributed by atoms with Crippen LogP contribution in [0.25, 0.3) is 21.9 Å². The van der Waals surface area contributed by atoms with E-state index in [-0.39, 0.29) is 0 Å². The van der Waals surface area contributed by atoms with E-state index in [2.05, 4.69) is 78.2 Å². The number of aromatic nitrogens is 1. The predicted octanol–water partition coefficient (Wildman–Crippen LogP) is 6.85. The van der Waals surface area contributed by atoms with Gasteiger partial charge in [0.25, 0.3) is 0 Å². The van der Waals surface area contributed by atoms with Gasteiger partial charge in [-0.3, -0.25) is 0 Å². The summed E-state index contributed by atoms with van der Waals surface area (Å²) in [7, 11) is 0. The molecule has 0 radical (unpaired) electrons. The van der Waals surface area contributed by atoms with Gasteiger partial charge in [0.05, 0.1) is 11.4 Å². The van der Waals surface area contributed by atoms with Crippen LogP contribution in [0.5, 0.6) is 0 Å². The molecule has 6 rings (SSSR count). The van der Waals surface area contributed by atoms with Crippen molar-refractivity contribution in [2.24, 2.45) is 0 Å². The smallest absolute Gasteiger partial charge is 0.159 e. The fraction of sp³-hybridized carbons (Fsp3) is 0.115.